The van der Waals surface area contributed by atoms with Crippen LogP contribution < -0.4 is 5.73 Å². The summed E-state index contributed by atoms with van der Waals surface area (Å²) in [6.07, 6.45) is 3.08. The molecule has 6 nitrogen and oxygen atoms in total. The first-order chi connectivity index (χ1) is 6.70. The molecule has 0 atom stereocenters. The summed E-state index contributed by atoms with van der Waals surface area (Å²) in [5, 5.41) is 3.94. The molecule has 2 aromatic rings. The van der Waals surface area contributed by atoms with E-state index in [0.717, 1.165) is 0 Å². The largest absolute Gasteiger partial charge is 0.464 e. The molecule has 0 saturated heterocycles. The molecule has 0 aliphatic carbocycles. The molecule has 72 valence electrons. The zero-order valence-corrected chi connectivity index (χ0v) is 7.47. The average molecular weight is 192 g/mol. The van der Waals surface area contributed by atoms with Crippen LogP contribution in [0.4, 0.5) is 5.69 Å². The van der Waals surface area contributed by atoms with Gasteiger partial charge >= 0.3 is 5.97 Å². The molecule has 2 heterocycles. The summed E-state index contributed by atoms with van der Waals surface area (Å²) >= 11 is 0. The number of hydrogen-bond acceptors (Lipinski definition) is 5. The molecule has 0 bridgehead atoms. The van der Waals surface area contributed by atoms with Crippen LogP contribution in [0.5, 0.6) is 0 Å². The number of aromatic nitrogens is 3. The van der Waals surface area contributed by atoms with Crippen LogP contribution in [-0.2, 0) is 4.74 Å². The van der Waals surface area contributed by atoms with Gasteiger partial charge in [-0.1, -0.05) is 0 Å². The van der Waals surface area contributed by atoms with E-state index in [4.69, 9.17) is 5.73 Å². The van der Waals surface area contributed by atoms with E-state index in [2.05, 4.69) is 14.8 Å². The predicted octanol–water partition coefficient (Wildman–Crippen LogP) is 0.0981. The van der Waals surface area contributed by atoms with Gasteiger partial charge in [0.15, 0.2) is 11.3 Å². The SMILES string of the molecule is COC(=O)c1cc2ncc(N)cn2n1. The van der Waals surface area contributed by atoms with Crippen LogP contribution in [-0.4, -0.2) is 27.7 Å². The summed E-state index contributed by atoms with van der Waals surface area (Å²) in [7, 11) is 1.30. The number of carbonyl (C=O) groups excluding carboxylic acids is 1. The maximum absolute atomic E-state index is 11.1. The third kappa shape index (κ3) is 1.26. The highest BCUT2D eigenvalue weighted by Crippen LogP contribution is 2.06. The first-order valence-corrected chi connectivity index (χ1v) is 3.90. The standard InChI is InChI=1S/C8H8N4O2/c1-14-8(13)6-2-7-10-3-5(9)4-12(7)11-6/h2-4H,9H2,1H3. The average Bonchev–Trinajstić information content (AvgIpc) is 2.59. The minimum Gasteiger partial charge on any atom is -0.464 e. The third-order valence-corrected chi connectivity index (χ3v) is 1.73. The van der Waals surface area contributed by atoms with Crippen molar-refractivity contribution in [3.8, 4) is 0 Å². The van der Waals surface area contributed by atoms with Crippen molar-refractivity contribution in [2.24, 2.45) is 0 Å². The first kappa shape index (κ1) is 8.49. The van der Waals surface area contributed by atoms with Crippen LogP contribution in [0.15, 0.2) is 18.5 Å². The lowest BCUT2D eigenvalue weighted by Crippen LogP contribution is -2.02. The number of fused-ring (bicyclic) bond motifs is 1. The quantitative estimate of drug-likeness (QED) is 0.648. The second kappa shape index (κ2) is 2.99. The van der Waals surface area contributed by atoms with Gasteiger partial charge in [0.25, 0.3) is 0 Å². The van der Waals surface area contributed by atoms with Crippen LogP contribution in [0, 0.1) is 0 Å². The second-order valence-electron chi connectivity index (χ2n) is 2.71. The van der Waals surface area contributed by atoms with E-state index in [1.54, 1.807) is 6.20 Å². The van der Waals surface area contributed by atoms with E-state index in [9.17, 15) is 4.79 Å². The molecule has 14 heavy (non-hydrogen) atoms. The van der Waals surface area contributed by atoms with E-state index in [1.165, 1.54) is 23.9 Å². The highest BCUT2D eigenvalue weighted by Gasteiger charge is 2.10. The number of nitrogen functional groups attached to an aromatic ring is 1. The molecule has 0 aromatic carbocycles. The molecule has 0 saturated carbocycles. The van der Waals surface area contributed by atoms with Crippen LogP contribution in [0.2, 0.25) is 0 Å². The van der Waals surface area contributed by atoms with Gasteiger partial charge in [-0.05, 0) is 0 Å². The molecule has 2 aromatic heterocycles. The number of methoxy groups -OCH3 is 1. The van der Waals surface area contributed by atoms with E-state index in [-0.39, 0.29) is 5.69 Å². The molecule has 0 fully saturated rings. The highest BCUT2D eigenvalue weighted by atomic mass is 16.5. The topological polar surface area (TPSA) is 82.5 Å². The van der Waals surface area contributed by atoms with Crippen molar-refractivity contribution >= 4 is 17.3 Å². The minimum absolute atomic E-state index is 0.214. The fourth-order valence-electron chi connectivity index (χ4n) is 1.10. The van der Waals surface area contributed by atoms with Crippen molar-refractivity contribution in [3.05, 3.63) is 24.2 Å². The zero-order chi connectivity index (χ0) is 10.1. The number of esters is 1. The lowest BCUT2D eigenvalue weighted by Gasteiger charge is -1.92. The number of hydrogen-bond donors (Lipinski definition) is 1. The van der Waals surface area contributed by atoms with Gasteiger partial charge in [-0.25, -0.2) is 14.3 Å². The van der Waals surface area contributed by atoms with Crippen LogP contribution >= 0.6 is 0 Å². The molecular weight excluding hydrogens is 184 g/mol. The van der Waals surface area contributed by atoms with Gasteiger partial charge in [-0.15, -0.1) is 0 Å². The summed E-state index contributed by atoms with van der Waals surface area (Å²) in [4.78, 5) is 15.1. The maximum atomic E-state index is 11.1. The summed E-state index contributed by atoms with van der Waals surface area (Å²) in [6, 6.07) is 1.53. The Bertz CT molecular complexity index is 491. The molecule has 0 aliphatic rings. The lowest BCUT2D eigenvalue weighted by atomic mass is 10.4. The van der Waals surface area contributed by atoms with Crippen molar-refractivity contribution < 1.29 is 9.53 Å². The van der Waals surface area contributed by atoms with Crippen molar-refractivity contribution in [1.82, 2.24) is 14.6 Å². The molecule has 2 rings (SSSR count). The van der Waals surface area contributed by atoms with E-state index >= 15 is 0 Å². The van der Waals surface area contributed by atoms with Gasteiger partial charge in [0, 0.05) is 6.07 Å². The molecule has 0 unspecified atom stereocenters. The molecule has 2 N–H and O–H groups in total. The Balaban J connectivity index is 2.56. The van der Waals surface area contributed by atoms with Crippen molar-refractivity contribution in [1.29, 1.82) is 0 Å². The molecule has 6 heteroatoms. The Kier molecular flexibility index (Phi) is 1.81. The Morgan fingerprint density at radius 2 is 2.43 bits per heavy atom. The highest BCUT2D eigenvalue weighted by molar-refractivity contribution is 5.88. The minimum atomic E-state index is -0.492. The molecule has 0 aliphatic heterocycles. The van der Waals surface area contributed by atoms with Crippen LogP contribution in [0.1, 0.15) is 10.5 Å². The maximum Gasteiger partial charge on any atom is 0.358 e. The fourth-order valence-corrected chi connectivity index (χ4v) is 1.10. The summed E-state index contributed by atoms with van der Waals surface area (Å²) in [5.74, 6) is -0.492. The Labute approximate surface area is 79.3 Å². The Morgan fingerprint density at radius 1 is 1.64 bits per heavy atom. The van der Waals surface area contributed by atoms with Gasteiger partial charge in [-0.2, -0.15) is 5.10 Å². The van der Waals surface area contributed by atoms with E-state index in [1.807, 2.05) is 0 Å². The van der Waals surface area contributed by atoms with Gasteiger partial charge in [0.1, 0.15) is 0 Å². The van der Waals surface area contributed by atoms with Gasteiger partial charge in [0.05, 0.1) is 25.2 Å². The predicted molar refractivity (Wildman–Crippen MR) is 48.7 cm³/mol. The van der Waals surface area contributed by atoms with Crippen molar-refractivity contribution in [2.75, 3.05) is 12.8 Å². The summed E-state index contributed by atoms with van der Waals surface area (Å²) in [6.45, 7) is 0. The van der Waals surface area contributed by atoms with Crippen molar-refractivity contribution in [3.63, 3.8) is 0 Å². The second-order valence-corrected chi connectivity index (χ2v) is 2.71. The van der Waals surface area contributed by atoms with Crippen LogP contribution in [0.25, 0.3) is 5.65 Å². The molecule has 0 radical (unpaired) electrons. The molecule has 0 amide bonds. The van der Waals surface area contributed by atoms with E-state index < -0.39 is 5.97 Å². The summed E-state index contributed by atoms with van der Waals surface area (Å²) in [5.41, 5.74) is 6.75. The zero-order valence-electron chi connectivity index (χ0n) is 7.47. The molecular formula is C8H8N4O2. The number of nitrogens with two attached hydrogens (primary N) is 1. The van der Waals surface area contributed by atoms with Gasteiger partial charge in [0.2, 0.25) is 0 Å². The summed E-state index contributed by atoms with van der Waals surface area (Å²) < 4.78 is 5.95. The Hall–Kier alpha value is -2.11. The van der Waals surface area contributed by atoms with Crippen molar-refractivity contribution in [2.45, 2.75) is 0 Å². The number of rotatable bonds is 1. The van der Waals surface area contributed by atoms with Gasteiger partial charge in [-0.3, -0.25) is 0 Å². The normalized spacial score (nSPS) is 10.4. The first-order valence-electron chi connectivity index (χ1n) is 3.90. The third-order valence-electron chi connectivity index (χ3n) is 1.73. The lowest BCUT2D eigenvalue weighted by molar-refractivity contribution is 0.0593. The smallest absolute Gasteiger partial charge is 0.358 e. The fraction of sp³-hybridized carbons (Fsp3) is 0.125. The number of ether oxygens (including phenoxy) is 1. The number of anilines is 1. The Morgan fingerprint density at radius 3 is 3.14 bits per heavy atom. The monoisotopic (exact) mass is 192 g/mol. The number of carbonyl (C=O) groups is 1. The van der Waals surface area contributed by atoms with E-state index in [0.29, 0.717) is 11.3 Å². The van der Waals surface area contributed by atoms with Gasteiger partial charge < -0.3 is 10.5 Å². The number of nitrogens with zero attached hydrogens (tertiary/aromatic N) is 3. The van der Waals surface area contributed by atoms with Crippen LogP contribution in [0.3, 0.4) is 0 Å². The molecule has 0 spiro atoms.